The molecule has 0 fully saturated rings. The van der Waals surface area contributed by atoms with Crippen LogP contribution in [0, 0.1) is 13.8 Å². The molecule has 4 rings (SSSR count). The Morgan fingerprint density at radius 2 is 2.13 bits per heavy atom. The van der Waals surface area contributed by atoms with Gasteiger partial charge in [-0.05, 0) is 31.5 Å². The van der Waals surface area contributed by atoms with Gasteiger partial charge in [0.25, 0.3) is 0 Å². The maximum atomic E-state index is 12.6. The molecule has 0 saturated carbocycles. The average Bonchev–Trinajstić information content (AvgIpc) is 2.44. The van der Waals surface area contributed by atoms with E-state index in [1.807, 2.05) is 19.1 Å². The van der Waals surface area contributed by atoms with E-state index < -0.39 is 4.32 Å². The predicted molar refractivity (Wildman–Crippen MR) is 95.5 cm³/mol. The number of fused-ring (bicyclic) bond motifs is 5. The molecule has 0 radical (unpaired) electrons. The summed E-state index contributed by atoms with van der Waals surface area (Å²) >= 11 is 11.7. The minimum Gasteiger partial charge on any atom is -0.491 e. The highest BCUT2D eigenvalue weighted by Crippen LogP contribution is 2.57. The Morgan fingerprint density at radius 3 is 2.91 bits per heavy atom. The van der Waals surface area contributed by atoms with Crippen molar-refractivity contribution in [3.05, 3.63) is 55.9 Å². The topological polar surface area (TPSA) is 39.4 Å². The summed E-state index contributed by atoms with van der Waals surface area (Å²) in [5, 5.41) is 1.38. The zero-order valence-electron chi connectivity index (χ0n) is 12.6. The monoisotopic (exact) mass is 412 g/mol. The number of alkyl halides is 1. The Morgan fingerprint density at radius 1 is 1.35 bits per heavy atom. The van der Waals surface area contributed by atoms with Crippen molar-refractivity contribution in [1.82, 2.24) is 0 Å². The van der Waals surface area contributed by atoms with Crippen molar-refractivity contribution in [1.29, 1.82) is 0 Å². The van der Waals surface area contributed by atoms with E-state index in [1.54, 1.807) is 24.8 Å². The van der Waals surface area contributed by atoms with Crippen LogP contribution in [0.25, 0.3) is 0 Å². The summed E-state index contributed by atoms with van der Waals surface area (Å²) in [5.74, 6) is 2.43. The van der Waals surface area contributed by atoms with Crippen molar-refractivity contribution < 1.29 is 9.15 Å². The number of hydrogen-bond acceptors (Lipinski definition) is 4. The van der Waals surface area contributed by atoms with Gasteiger partial charge in [-0.3, -0.25) is 4.79 Å². The highest BCUT2D eigenvalue weighted by molar-refractivity contribution is 9.09. The van der Waals surface area contributed by atoms with E-state index in [4.69, 9.17) is 20.8 Å². The van der Waals surface area contributed by atoms with Crippen molar-refractivity contribution in [2.45, 2.75) is 29.2 Å². The molecular weight excluding hydrogens is 400 g/mol. The zero-order chi connectivity index (χ0) is 16.4. The first-order chi connectivity index (χ1) is 10.9. The van der Waals surface area contributed by atoms with Crippen LogP contribution in [-0.4, -0.2) is 12.4 Å². The molecule has 2 aliphatic heterocycles. The van der Waals surface area contributed by atoms with Crippen LogP contribution in [0.15, 0.2) is 32.5 Å². The summed E-state index contributed by atoms with van der Waals surface area (Å²) in [7, 11) is 0. The van der Waals surface area contributed by atoms with Gasteiger partial charge in [0.2, 0.25) is 0 Å². The molecule has 0 saturated heterocycles. The molecule has 3 nitrogen and oxygen atoms in total. The summed E-state index contributed by atoms with van der Waals surface area (Å²) in [4.78, 5) is 12.6. The summed E-state index contributed by atoms with van der Waals surface area (Å²) in [6.07, 6.45) is 0. The van der Waals surface area contributed by atoms with Gasteiger partial charge in [0, 0.05) is 28.3 Å². The fourth-order valence-electron chi connectivity index (χ4n) is 3.42. The number of aryl methyl sites for hydroxylation is 2. The van der Waals surface area contributed by atoms with Crippen molar-refractivity contribution in [2.24, 2.45) is 0 Å². The summed E-state index contributed by atoms with van der Waals surface area (Å²) in [6.45, 7) is 4.19. The maximum absolute atomic E-state index is 12.6. The SMILES string of the molecule is Cc1cc(=O)c2c(o1)SC[C@H]1c3cc(Cl)cc(C)c3OC[C@@]21Br. The van der Waals surface area contributed by atoms with E-state index in [0.29, 0.717) is 28.0 Å². The second-order valence-electron chi connectivity index (χ2n) is 6.04. The molecule has 0 bridgehead atoms. The second-order valence-corrected chi connectivity index (χ2v) is 8.88. The first-order valence-electron chi connectivity index (χ1n) is 7.30. The normalized spacial score (nSPS) is 25.1. The first-order valence-corrected chi connectivity index (χ1v) is 9.45. The molecule has 0 aliphatic carbocycles. The van der Waals surface area contributed by atoms with Gasteiger partial charge < -0.3 is 9.15 Å². The lowest BCUT2D eigenvalue weighted by molar-refractivity contribution is 0.216. The molecule has 2 atom stereocenters. The molecule has 0 unspecified atom stereocenters. The molecule has 1 aromatic carbocycles. The van der Waals surface area contributed by atoms with Crippen molar-refractivity contribution >= 4 is 39.3 Å². The predicted octanol–water partition coefficient (Wildman–Crippen LogP) is 4.78. The molecule has 1 aromatic heterocycles. The third-order valence-electron chi connectivity index (χ3n) is 4.46. The standard InChI is InChI=1S/C17H14BrClO3S/c1-8-3-10(19)5-11-12-6-23-16-14(13(20)4-9(2)22-16)17(12,18)7-21-15(8)11/h3-5,12H,6-7H2,1-2H3/t12-,17-/m0/s1. The molecule has 3 heterocycles. The van der Waals surface area contributed by atoms with Crippen molar-refractivity contribution in [3.63, 3.8) is 0 Å². The fraction of sp³-hybridized carbons (Fsp3) is 0.353. The Kier molecular flexibility index (Phi) is 3.59. The van der Waals surface area contributed by atoms with Crippen LogP contribution in [0.1, 0.15) is 28.4 Å². The van der Waals surface area contributed by atoms with Crippen LogP contribution in [-0.2, 0) is 4.32 Å². The van der Waals surface area contributed by atoms with Gasteiger partial charge >= 0.3 is 0 Å². The smallest absolute Gasteiger partial charge is 0.191 e. The summed E-state index contributed by atoms with van der Waals surface area (Å²) in [6, 6.07) is 5.40. The third-order valence-corrected chi connectivity index (χ3v) is 6.90. The van der Waals surface area contributed by atoms with Gasteiger partial charge in [0.15, 0.2) is 10.5 Å². The molecular formula is C17H14BrClO3S. The van der Waals surface area contributed by atoms with Crippen LogP contribution in [0.3, 0.4) is 0 Å². The molecule has 0 amide bonds. The largest absolute Gasteiger partial charge is 0.491 e. The Balaban J connectivity index is 1.95. The van der Waals surface area contributed by atoms with Crippen LogP contribution in [0.2, 0.25) is 5.02 Å². The van der Waals surface area contributed by atoms with Crippen LogP contribution < -0.4 is 10.2 Å². The van der Waals surface area contributed by atoms with Crippen molar-refractivity contribution in [3.8, 4) is 5.75 Å². The van der Waals surface area contributed by atoms with E-state index in [0.717, 1.165) is 22.6 Å². The highest BCUT2D eigenvalue weighted by atomic mass is 79.9. The first kappa shape index (κ1) is 15.6. The summed E-state index contributed by atoms with van der Waals surface area (Å²) < 4.78 is 11.2. The van der Waals surface area contributed by atoms with Gasteiger partial charge in [-0.2, -0.15) is 0 Å². The van der Waals surface area contributed by atoms with Crippen molar-refractivity contribution in [2.75, 3.05) is 12.4 Å². The molecule has 2 aromatic rings. The lowest BCUT2D eigenvalue weighted by Gasteiger charge is -2.43. The van der Waals surface area contributed by atoms with Crippen LogP contribution in [0.5, 0.6) is 5.75 Å². The lowest BCUT2D eigenvalue weighted by atomic mass is 9.80. The maximum Gasteiger partial charge on any atom is 0.191 e. The third kappa shape index (κ3) is 2.28. The number of benzene rings is 1. The number of rotatable bonds is 0. The number of ether oxygens (including phenoxy) is 1. The number of halogens is 2. The van der Waals surface area contributed by atoms with E-state index in [2.05, 4.69) is 15.9 Å². The Hall–Kier alpha value is -0.910. The Bertz CT molecular complexity index is 879. The molecule has 0 spiro atoms. The molecule has 0 N–H and O–H groups in total. The Labute approximate surface area is 151 Å². The van der Waals surface area contributed by atoms with Gasteiger partial charge in [-0.15, -0.1) is 0 Å². The van der Waals surface area contributed by atoms with E-state index in [-0.39, 0.29) is 11.3 Å². The fourth-order valence-corrected chi connectivity index (χ4v) is 6.35. The number of hydrogen-bond donors (Lipinski definition) is 0. The van der Waals surface area contributed by atoms with Crippen LogP contribution >= 0.6 is 39.3 Å². The zero-order valence-corrected chi connectivity index (χ0v) is 15.8. The molecule has 23 heavy (non-hydrogen) atoms. The van der Waals surface area contributed by atoms with Gasteiger partial charge in [-0.1, -0.05) is 39.3 Å². The minimum atomic E-state index is -0.577. The minimum absolute atomic E-state index is 0.0105. The molecule has 120 valence electrons. The van der Waals surface area contributed by atoms with E-state index in [1.165, 1.54) is 0 Å². The molecule has 2 aliphatic rings. The van der Waals surface area contributed by atoms with E-state index >= 15 is 0 Å². The summed E-state index contributed by atoms with van der Waals surface area (Å²) in [5.41, 5.74) is 2.72. The second kappa shape index (κ2) is 5.30. The van der Waals surface area contributed by atoms with Gasteiger partial charge in [-0.25, -0.2) is 0 Å². The number of thioether (sulfide) groups is 1. The van der Waals surface area contributed by atoms with Gasteiger partial charge in [0.1, 0.15) is 22.4 Å². The lowest BCUT2D eigenvalue weighted by Crippen LogP contribution is -2.44. The molecule has 6 heteroatoms. The van der Waals surface area contributed by atoms with E-state index in [9.17, 15) is 4.79 Å². The van der Waals surface area contributed by atoms with Gasteiger partial charge in [0.05, 0.1) is 5.56 Å². The average molecular weight is 414 g/mol. The highest BCUT2D eigenvalue weighted by Gasteiger charge is 2.50. The van der Waals surface area contributed by atoms with Crippen LogP contribution in [0.4, 0.5) is 0 Å². The quantitative estimate of drug-likeness (QED) is 0.583.